The van der Waals surface area contributed by atoms with Gasteiger partial charge in [-0.1, -0.05) is 13.0 Å². The molecule has 2 aromatic heterocycles. The minimum atomic E-state index is 0. The monoisotopic (exact) mass is 508 g/mol. The van der Waals surface area contributed by atoms with Crippen LogP contribution < -0.4 is 5.32 Å². The van der Waals surface area contributed by atoms with Crippen LogP contribution in [0.25, 0.3) is 0 Å². The number of aromatic nitrogens is 1. The van der Waals surface area contributed by atoms with Crippen molar-refractivity contribution >= 4 is 52.6 Å². The maximum absolute atomic E-state index is 5.34. The first-order valence-corrected chi connectivity index (χ1v) is 10.3. The molecule has 0 aliphatic rings. The van der Waals surface area contributed by atoms with E-state index < -0.39 is 0 Å². The van der Waals surface area contributed by atoms with Gasteiger partial charge in [-0.15, -0.1) is 46.7 Å². The number of thiazole rings is 1. The predicted octanol–water partition coefficient (Wildman–Crippen LogP) is 4.73. The molecule has 0 saturated carbocycles. The molecule has 2 aromatic rings. The van der Waals surface area contributed by atoms with Crippen LogP contribution in [0.3, 0.4) is 0 Å². The molecule has 0 radical (unpaired) electrons. The second-order valence-electron chi connectivity index (χ2n) is 6.02. The van der Waals surface area contributed by atoms with Gasteiger partial charge in [-0.2, -0.15) is 0 Å². The average molecular weight is 508 g/mol. The van der Waals surface area contributed by atoms with Gasteiger partial charge in [0.15, 0.2) is 5.96 Å². The molecule has 2 rings (SSSR count). The van der Waals surface area contributed by atoms with Crippen molar-refractivity contribution in [2.24, 2.45) is 4.99 Å². The van der Waals surface area contributed by atoms with Crippen molar-refractivity contribution in [3.63, 3.8) is 0 Å². The van der Waals surface area contributed by atoms with Gasteiger partial charge in [0.05, 0.1) is 18.8 Å². The summed E-state index contributed by atoms with van der Waals surface area (Å²) >= 11 is 3.43. The standard InChI is InChI=1S/C18H28N4OS2.HI/c1-6-19-18(20-10-13(2)16-8-7-9-24-16)22(4)11-15-12-25-17(21-15)14(3)23-5;/h7-9,12-14H,6,10-11H2,1-5H3,(H,19,20);1H. The number of thiophene rings is 1. The number of nitrogens with one attached hydrogen (secondary N) is 1. The van der Waals surface area contributed by atoms with Crippen LogP contribution in [-0.4, -0.2) is 43.1 Å². The van der Waals surface area contributed by atoms with Crippen LogP contribution >= 0.6 is 46.7 Å². The minimum Gasteiger partial charge on any atom is -0.375 e. The molecular weight excluding hydrogens is 479 g/mol. The number of nitrogens with zero attached hydrogens (tertiary/aromatic N) is 3. The Labute approximate surface area is 181 Å². The summed E-state index contributed by atoms with van der Waals surface area (Å²) in [5.41, 5.74) is 1.04. The van der Waals surface area contributed by atoms with Gasteiger partial charge in [0.2, 0.25) is 0 Å². The molecule has 2 unspecified atom stereocenters. The van der Waals surface area contributed by atoms with E-state index in [1.54, 1.807) is 29.8 Å². The first-order valence-electron chi connectivity index (χ1n) is 8.55. The van der Waals surface area contributed by atoms with Crippen molar-refractivity contribution < 1.29 is 4.74 Å². The Kier molecular flexibility index (Phi) is 10.7. The lowest BCUT2D eigenvalue weighted by Gasteiger charge is -2.21. The molecular formula is C18H29IN4OS2. The molecule has 0 saturated heterocycles. The zero-order valence-corrected chi connectivity index (χ0v) is 20.0. The Morgan fingerprint density at radius 3 is 2.77 bits per heavy atom. The third kappa shape index (κ3) is 6.79. The smallest absolute Gasteiger partial charge is 0.194 e. The predicted molar refractivity (Wildman–Crippen MR) is 123 cm³/mol. The number of hydrogen-bond donors (Lipinski definition) is 1. The number of aliphatic imine (C=N–C) groups is 1. The molecule has 26 heavy (non-hydrogen) atoms. The number of guanidine groups is 1. The van der Waals surface area contributed by atoms with Crippen molar-refractivity contribution in [3.8, 4) is 0 Å². The Balaban J connectivity index is 0.00000338. The minimum absolute atomic E-state index is 0. The molecule has 8 heteroatoms. The van der Waals surface area contributed by atoms with Crippen LogP contribution in [0.1, 0.15) is 48.4 Å². The molecule has 2 atom stereocenters. The number of rotatable bonds is 8. The van der Waals surface area contributed by atoms with Crippen LogP contribution in [0.15, 0.2) is 27.9 Å². The largest absolute Gasteiger partial charge is 0.375 e. The topological polar surface area (TPSA) is 49.8 Å². The van der Waals surface area contributed by atoms with Crippen molar-refractivity contribution in [3.05, 3.63) is 38.5 Å². The van der Waals surface area contributed by atoms with Crippen LogP contribution in [-0.2, 0) is 11.3 Å². The van der Waals surface area contributed by atoms with Gasteiger partial charge >= 0.3 is 0 Å². The lowest BCUT2D eigenvalue weighted by molar-refractivity contribution is 0.119. The number of ether oxygens (including phenoxy) is 1. The van der Waals surface area contributed by atoms with Gasteiger partial charge in [-0.05, 0) is 25.3 Å². The molecule has 0 aliphatic carbocycles. The highest BCUT2D eigenvalue weighted by Gasteiger charge is 2.13. The highest BCUT2D eigenvalue weighted by molar-refractivity contribution is 14.0. The lowest BCUT2D eigenvalue weighted by atomic mass is 10.1. The van der Waals surface area contributed by atoms with E-state index in [1.807, 2.05) is 6.92 Å². The van der Waals surface area contributed by atoms with E-state index in [0.717, 1.165) is 36.3 Å². The molecule has 0 fully saturated rings. The van der Waals surface area contributed by atoms with Crippen LogP contribution in [0.4, 0.5) is 0 Å². The molecule has 0 spiro atoms. The Hall–Kier alpha value is -0.710. The van der Waals surface area contributed by atoms with Gasteiger partial charge < -0.3 is 15.0 Å². The SMILES string of the molecule is CCNC(=NCC(C)c1cccs1)N(C)Cc1csc(C(C)OC)n1.I. The highest BCUT2D eigenvalue weighted by atomic mass is 127. The third-order valence-corrected chi connectivity index (χ3v) is 6.07. The van der Waals surface area contributed by atoms with E-state index in [1.165, 1.54) is 4.88 Å². The third-order valence-electron chi connectivity index (χ3n) is 3.91. The average Bonchev–Trinajstić information content (AvgIpc) is 3.29. The number of hydrogen-bond acceptors (Lipinski definition) is 5. The van der Waals surface area contributed by atoms with Crippen molar-refractivity contribution in [2.45, 2.75) is 39.3 Å². The zero-order chi connectivity index (χ0) is 18.2. The summed E-state index contributed by atoms with van der Waals surface area (Å²) in [6.07, 6.45) is 0.0394. The first kappa shape index (κ1) is 23.3. The summed E-state index contributed by atoms with van der Waals surface area (Å²) in [5, 5.41) is 8.60. The quantitative estimate of drug-likeness (QED) is 0.318. The summed E-state index contributed by atoms with van der Waals surface area (Å²) in [6, 6.07) is 4.27. The van der Waals surface area contributed by atoms with Crippen molar-refractivity contribution in [2.75, 3.05) is 27.2 Å². The molecule has 0 amide bonds. The fourth-order valence-corrected chi connectivity index (χ4v) is 3.98. The molecule has 5 nitrogen and oxygen atoms in total. The summed E-state index contributed by atoms with van der Waals surface area (Å²) in [7, 11) is 3.76. The van der Waals surface area contributed by atoms with Crippen LogP contribution in [0.5, 0.6) is 0 Å². The van der Waals surface area contributed by atoms with Gasteiger partial charge in [0.1, 0.15) is 11.1 Å². The molecule has 146 valence electrons. The second kappa shape index (κ2) is 11.9. The van der Waals surface area contributed by atoms with Crippen molar-refractivity contribution in [1.29, 1.82) is 0 Å². The van der Waals surface area contributed by atoms with Crippen molar-refractivity contribution in [1.82, 2.24) is 15.2 Å². The van der Waals surface area contributed by atoms with E-state index in [0.29, 0.717) is 5.92 Å². The number of methoxy groups -OCH3 is 1. The Bertz CT molecular complexity index is 660. The van der Waals surface area contributed by atoms with E-state index in [2.05, 4.69) is 59.0 Å². The zero-order valence-electron chi connectivity index (χ0n) is 16.1. The molecule has 0 bridgehead atoms. The Morgan fingerprint density at radius 1 is 1.38 bits per heavy atom. The maximum atomic E-state index is 5.34. The second-order valence-corrected chi connectivity index (χ2v) is 7.89. The van der Waals surface area contributed by atoms with Crippen LogP contribution in [0, 0.1) is 0 Å². The van der Waals surface area contributed by atoms with Gasteiger partial charge in [0.25, 0.3) is 0 Å². The summed E-state index contributed by atoms with van der Waals surface area (Å²) in [6.45, 7) is 8.68. The van der Waals surface area contributed by atoms with E-state index in [4.69, 9.17) is 9.73 Å². The molecule has 1 N–H and O–H groups in total. The van der Waals surface area contributed by atoms with E-state index in [-0.39, 0.29) is 30.1 Å². The van der Waals surface area contributed by atoms with Gasteiger partial charge in [0, 0.05) is 36.9 Å². The lowest BCUT2D eigenvalue weighted by Crippen LogP contribution is -2.38. The summed E-state index contributed by atoms with van der Waals surface area (Å²) < 4.78 is 5.34. The number of halogens is 1. The van der Waals surface area contributed by atoms with E-state index >= 15 is 0 Å². The van der Waals surface area contributed by atoms with Crippen LogP contribution in [0.2, 0.25) is 0 Å². The fourth-order valence-electron chi connectivity index (χ4n) is 2.36. The normalized spacial score (nSPS) is 13.8. The molecule has 2 heterocycles. The summed E-state index contributed by atoms with van der Waals surface area (Å²) in [5.74, 6) is 1.34. The summed E-state index contributed by atoms with van der Waals surface area (Å²) in [4.78, 5) is 13.0. The Morgan fingerprint density at radius 2 is 2.15 bits per heavy atom. The fraction of sp³-hybridized carbons (Fsp3) is 0.556. The highest BCUT2D eigenvalue weighted by Crippen LogP contribution is 2.22. The molecule has 0 aromatic carbocycles. The molecule has 0 aliphatic heterocycles. The maximum Gasteiger partial charge on any atom is 0.194 e. The van der Waals surface area contributed by atoms with E-state index in [9.17, 15) is 0 Å². The van der Waals surface area contributed by atoms with Gasteiger partial charge in [-0.25, -0.2) is 4.98 Å². The first-order chi connectivity index (χ1) is 12.0. The van der Waals surface area contributed by atoms with Gasteiger partial charge in [-0.3, -0.25) is 4.99 Å².